The van der Waals surface area contributed by atoms with Gasteiger partial charge in [0.15, 0.2) is 0 Å². The number of nitrogens with zero attached hydrogens (tertiary/aromatic N) is 3. The molecule has 0 bridgehead atoms. The van der Waals surface area contributed by atoms with Crippen LogP contribution in [0.15, 0.2) is 77.6 Å². The largest absolute Gasteiger partial charge is 0.418 e. The Balaban J connectivity index is 1.53. The first-order chi connectivity index (χ1) is 19.1. The fourth-order valence-corrected chi connectivity index (χ4v) is 6.87. The number of fused-ring (bicyclic) bond motifs is 8. The third-order valence-electron chi connectivity index (χ3n) is 8.47. The minimum absolute atomic E-state index is 0.171. The minimum atomic E-state index is -4.78. The van der Waals surface area contributed by atoms with Gasteiger partial charge in [0.05, 0.1) is 39.7 Å². The summed E-state index contributed by atoms with van der Waals surface area (Å²) in [6, 6.07) is 18.0. The van der Waals surface area contributed by atoms with Crippen LogP contribution in [0.4, 0.5) is 18.9 Å². The van der Waals surface area contributed by atoms with Crippen molar-refractivity contribution in [3.8, 4) is 5.69 Å². The van der Waals surface area contributed by atoms with Crippen LogP contribution < -0.4 is 15.8 Å². The Morgan fingerprint density at radius 2 is 1.52 bits per heavy atom. The number of hydrogen-bond donors (Lipinski definition) is 1. The van der Waals surface area contributed by atoms with Gasteiger partial charge in [0, 0.05) is 11.6 Å². The second-order valence-electron chi connectivity index (χ2n) is 10.9. The zero-order chi connectivity index (χ0) is 28.1. The van der Waals surface area contributed by atoms with Crippen LogP contribution in [0.5, 0.6) is 0 Å². The van der Waals surface area contributed by atoms with E-state index >= 15 is 0 Å². The number of imide groups is 1. The van der Waals surface area contributed by atoms with Crippen molar-refractivity contribution >= 4 is 28.4 Å². The molecule has 2 saturated heterocycles. The first-order valence-electron chi connectivity index (χ1n) is 13.0. The number of alkyl halides is 3. The van der Waals surface area contributed by atoms with E-state index in [2.05, 4.69) is 5.32 Å². The standard InChI is InChI=1S/C30H23F3N4O3/c1-15(2)24-22-23(27(40)36(26(22)39)21-14-8-5-11-18(21)30(31,32)33)29(35-24)17-10-4-7-13-20(17)37-25(38)16-9-3-6-12-19(16)34-28(29)37/h3-15,22-24,35H,1-2H3/t22-,23-,24-,29+/m0/s1. The molecule has 1 aromatic heterocycles. The molecule has 2 amide bonds. The fraction of sp³-hybridized carbons (Fsp3) is 0.267. The zero-order valence-corrected chi connectivity index (χ0v) is 21.4. The summed E-state index contributed by atoms with van der Waals surface area (Å²) in [5, 5.41) is 3.93. The molecule has 0 aliphatic carbocycles. The van der Waals surface area contributed by atoms with Gasteiger partial charge >= 0.3 is 6.18 Å². The van der Waals surface area contributed by atoms with Crippen molar-refractivity contribution in [1.82, 2.24) is 14.9 Å². The lowest BCUT2D eigenvalue weighted by atomic mass is 9.75. The molecular formula is C30H23F3N4O3. The maximum Gasteiger partial charge on any atom is 0.418 e. The summed E-state index contributed by atoms with van der Waals surface area (Å²) in [6.45, 7) is 3.78. The van der Waals surface area contributed by atoms with Crippen molar-refractivity contribution in [1.29, 1.82) is 0 Å². The number of carbonyl (C=O) groups is 2. The summed E-state index contributed by atoms with van der Waals surface area (Å²) in [4.78, 5) is 47.8. The average molecular weight is 545 g/mol. The van der Waals surface area contributed by atoms with Gasteiger partial charge in [-0.3, -0.25) is 24.3 Å². The number of anilines is 1. The topological polar surface area (TPSA) is 84.3 Å². The SMILES string of the molecule is CC(C)[C@@H]1N[C@]2(c3ccccc3-n3c2nc2ccccc2c3=O)[C@@H]2C(=O)N(c3ccccc3C(F)(F)F)C(=O)[C@@H]21. The van der Waals surface area contributed by atoms with Crippen LogP contribution in [-0.2, 0) is 21.3 Å². The number of nitrogens with one attached hydrogen (secondary N) is 1. The molecule has 202 valence electrons. The summed E-state index contributed by atoms with van der Waals surface area (Å²) in [7, 11) is 0. The molecule has 40 heavy (non-hydrogen) atoms. The minimum Gasteiger partial charge on any atom is -0.296 e. The molecule has 3 aliphatic rings. The van der Waals surface area contributed by atoms with E-state index in [1.165, 1.54) is 16.7 Å². The number of amides is 2. The van der Waals surface area contributed by atoms with Crippen molar-refractivity contribution in [3.63, 3.8) is 0 Å². The number of halogens is 3. The molecule has 7 rings (SSSR count). The van der Waals surface area contributed by atoms with Crippen LogP contribution in [0.25, 0.3) is 16.6 Å². The van der Waals surface area contributed by atoms with Crippen LogP contribution in [0.1, 0.15) is 30.8 Å². The van der Waals surface area contributed by atoms with E-state index in [9.17, 15) is 27.6 Å². The van der Waals surface area contributed by atoms with Gasteiger partial charge in [-0.2, -0.15) is 13.2 Å². The van der Waals surface area contributed by atoms with E-state index in [1.54, 1.807) is 48.5 Å². The molecule has 3 aliphatic heterocycles. The van der Waals surface area contributed by atoms with Crippen molar-refractivity contribution in [2.45, 2.75) is 31.6 Å². The molecule has 0 unspecified atom stereocenters. The monoisotopic (exact) mass is 544 g/mol. The van der Waals surface area contributed by atoms with E-state index in [4.69, 9.17) is 4.98 Å². The first kappa shape index (κ1) is 24.7. The fourth-order valence-electron chi connectivity index (χ4n) is 6.87. The Bertz CT molecular complexity index is 1810. The lowest BCUT2D eigenvalue weighted by Crippen LogP contribution is -2.51. The lowest BCUT2D eigenvalue weighted by molar-refractivity contribution is -0.137. The van der Waals surface area contributed by atoms with Gasteiger partial charge in [-0.05, 0) is 36.2 Å². The van der Waals surface area contributed by atoms with E-state index in [-0.39, 0.29) is 17.3 Å². The first-order valence-corrected chi connectivity index (χ1v) is 13.0. The van der Waals surface area contributed by atoms with Crippen LogP contribution >= 0.6 is 0 Å². The van der Waals surface area contributed by atoms with E-state index in [0.717, 1.165) is 12.1 Å². The van der Waals surface area contributed by atoms with Crippen LogP contribution in [0.2, 0.25) is 0 Å². The predicted molar refractivity (Wildman–Crippen MR) is 141 cm³/mol. The third-order valence-corrected chi connectivity index (χ3v) is 8.47. The molecule has 3 aromatic carbocycles. The molecule has 0 radical (unpaired) electrons. The van der Waals surface area contributed by atoms with Crippen LogP contribution in [0.3, 0.4) is 0 Å². The molecule has 2 fully saturated rings. The predicted octanol–water partition coefficient (Wildman–Crippen LogP) is 4.40. The highest BCUT2D eigenvalue weighted by Crippen LogP contribution is 2.57. The van der Waals surface area contributed by atoms with Gasteiger partial charge < -0.3 is 0 Å². The van der Waals surface area contributed by atoms with Gasteiger partial charge in [0.25, 0.3) is 5.56 Å². The van der Waals surface area contributed by atoms with Crippen molar-refractivity contribution < 1.29 is 22.8 Å². The summed E-state index contributed by atoms with van der Waals surface area (Å²) >= 11 is 0. The highest BCUT2D eigenvalue weighted by atomic mass is 19.4. The maximum atomic E-state index is 14.4. The second-order valence-corrected chi connectivity index (χ2v) is 10.9. The molecule has 7 nitrogen and oxygen atoms in total. The number of para-hydroxylation sites is 3. The Morgan fingerprint density at radius 3 is 2.25 bits per heavy atom. The Morgan fingerprint density at radius 1 is 0.875 bits per heavy atom. The van der Waals surface area contributed by atoms with E-state index < -0.39 is 52.7 Å². The average Bonchev–Trinajstić information content (AvgIpc) is 3.52. The molecule has 1 N–H and O–H groups in total. The number of rotatable bonds is 2. The molecule has 0 saturated carbocycles. The quantitative estimate of drug-likeness (QED) is 0.379. The van der Waals surface area contributed by atoms with Crippen molar-refractivity contribution in [2.75, 3.05) is 4.90 Å². The molecule has 4 aromatic rings. The molecular weight excluding hydrogens is 521 g/mol. The van der Waals surface area contributed by atoms with Crippen LogP contribution in [-0.4, -0.2) is 27.4 Å². The highest BCUT2D eigenvalue weighted by Gasteiger charge is 2.70. The smallest absolute Gasteiger partial charge is 0.296 e. The highest BCUT2D eigenvalue weighted by molar-refractivity contribution is 6.23. The van der Waals surface area contributed by atoms with Gasteiger partial charge in [-0.25, -0.2) is 9.88 Å². The van der Waals surface area contributed by atoms with Crippen molar-refractivity contribution in [2.24, 2.45) is 17.8 Å². The summed E-state index contributed by atoms with van der Waals surface area (Å²) in [6.07, 6.45) is -4.78. The van der Waals surface area contributed by atoms with Gasteiger partial charge in [-0.1, -0.05) is 56.3 Å². The number of aromatic nitrogens is 2. The molecule has 4 heterocycles. The normalized spacial score (nSPS) is 25.2. The number of benzene rings is 3. The van der Waals surface area contributed by atoms with Crippen LogP contribution in [0, 0.1) is 17.8 Å². The molecule has 1 spiro atoms. The Labute approximate surface area is 226 Å². The van der Waals surface area contributed by atoms with Gasteiger partial charge in [0.1, 0.15) is 11.4 Å². The maximum absolute atomic E-state index is 14.4. The van der Waals surface area contributed by atoms with E-state index in [1.807, 2.05) is 13.8 Å². The molecule has 10 heteroatoms. The van der Waals surface area contributed by atoms with E-state index in [0.29, 0.717) is 27.1 Å². The summed E-state index contributed by atoms with van der Waals surface area (Å²) < 4.78 is 43.5. The number of hydrogen-bond acceptors (Lipinski definition) is 5. The van der Waals surface area contributed by atoms with Crippen molar-refractivity contribution in [3.05, 3.63) is 100 Å². The zero-order valence-electron chi connectivity index (χ0n) is 21.4. The summed E-state index contributed by atoms with van der Waals surface area (Å²) in [5.41, 5.74) is -1.76. The molecule has 4 atom stereocenters. The number of carbonyl (C=O) groups excluding carboxylic acids is 2. The second kappa shape index (κ2) is 8.11. The summed E-state index contributed by atoms with van der Waals surface area (Å²) in [5.74, 6) is -3.48. The van der Waals surface area contributed by atoms with Gasteiger partial charge in [0.2, 0.25) is 11.8 Å². The lowest BCUT2D eigenvalue weighted by Gasteiger charge is -2.32. The Hall–Kier alpha value is -4.31. The van der Waals surface area contributed by atoms with Gasteiger partial charge in [-0.15, -0.1) is 0 Å². The third kappa shape index (κ3) is 2.99. The Kier molecular flexibility index (Phi) is 5.01.